The Morgan fingerprint density at radius 1 is 1.38 bits per heavy atom. The summed E-state index contributed by atoms with van der Waals surface area (Å²) in [5.74, 6) is 0.697. The number of nitrogens with two attached hydrogens (primary N) is 1. The van der Waals surface area contributed by atoms with Crippen LogP contribution < -0.4 is 15.8 Å². The second-order valence-corrected chi connectivity index (χ2v) is 6.74. The minimum Gasteiger partial charge on any atom is -0.488 e. The van der Waals surface area contributed by atoms with Gasteiger partial charge in [-0.25, -0.2) is 0 Å². The van der Waals surface area contributed by atoms with E-state index in [0.717, 1.165) is 36.1 Å². The normalized spacial score (nSPS) is 18.8. The zero-order valence-corrected chi connectivity index (χ0v) is 13.8. The summed E-state index contributed by atoms with van der Waals surface area (Å²) in [5, 5.41) is 3.61. The van der Waals surface area contributed by atoms with Gasteiger partial charge in [0.25, 0.3) is 5.91 Å². The first kappa shape index (κ1) is 15.4. The molecule has 2 heterocycles. The molecule has 1 aliphatic heterocycles. The van der Waals surface area contributed by atoms with E-state index in [0.29, 0.717) is 28.9 Å². The molecular weight excluding hydrogens is 326 g/mol. The summed E-state index contributed by atoms with van der Waals surface area (Å²) < 4.78 is 5.95. The molecule has 1 amide bonds. The van der Waals surface area contributed by atoms with Gasteiger partial charge in [0.2, 0.25) is 0 Å². The Kier molecular flexibility index (Phi) is 3.90. The predicted molar refractivity (Wildman–Crippen MR) is 92.3 cm³/mol. The van der Waals surface area contributed by atoms with E-state index in [1.54, 1.807) is 18.3 Å². The fraction of sp³-hybridized carbons (Fsp3) is 0.333. The molecule has 2 aliphatic rings. The lowest BCUT2D eigenvalue weighted by Gasteiger charge is -2.12. The molecule has 4 rings (SSSR count). The molecule has 1 fully saturated rings. The number of hydrogen-bond donors (Lipinski definition) is 2. The number of hydrogen-bond acceptors (Lipinski definition) is 4. The summed E-state index contributed by atoms with van der Waals surface area (Å²) in [7, 11) is 0. The number of pyridine rings is 1. The van der Waals surface area contributed by atoms with E-state index in [4.69, 9.17) is 22.1 Å². The van der Waals surface area contributed by atoms with Gasteiger partial charge in [-0.15, -0.1) is 0 Å². The highest BCUT2D eigenvalue weighted by Gasteiger charge is 2.27. The van der Waals surface area contributed by atoms with E-state index in [9.17, 15) is 4.79 Å². The second-order valence-electron chi connectivity index (χ2n) is 6.30. The van der Waals surface area contributed by atoms with Crippen LogP contribution in [0.4, 0.5) is 0 Å². The van der Waals surface area contributed by atoms with Crippen LogP contribution in [0.25, 0.3) is 11.3 Å². The topological polar surface area (TPSA) is 77.2 Å². The van der Waals surface area contributed by atoms with Crippen LogP contribution in [-0.4, -0.2) is 29.6 Å². The Balaban J connectivity index is 1.70. The van der Waals surface area contributed by atoms with Crippen molar-refractivity contribution in [3.63, 3.8) is 0 Å². The van der Waals surface area contributed by atoms with Gasteiger partial charge in [0.05, 0.1) is 5.69 Å². The summed E-state index contributed by atoms with van der Waals surface area (Å²) in [6.45, 7) is 0.447. The van der Waals surface area contributed by atoms with Crippen LogP contribution in [0.1, 0.15) is 28.8 Å². The van der Waals surface area contributed by atoms with E-state index in [1.807, 2.05) is 12.1 Å². The molecule has 2 aromatic rings. The van der Waals surface area contributed by atoms with Gasteiger partial charge >= 0.3 is 0 Å². The highest BCUT2D eigenvalue weighted by atomic mass is 35.5. The van der Waals surface area contributed by atoms with Crippen molar-refractivity contribution in [2.24, 2.45) is 5.73 Å². The lowest BCUT2D eigenvalue weighted by atomic mass is 10.0. The summed E-state index contributed by atoms with van der Waals surface area (Å²) >= 11 is 6.25. The molecule has 1 aliphatic carbocycles. The van der Waals surface area contributed by atoms with Crippen molar-refractivity contribution in [3.05, 3.63) is 46.6 Å². The number of nitrogens with one attached hydrogen (secondary N) is 1. The number of carbonyl (C=O) groups excluding carboxylic acids is 1. The lowest BCUT2D eigenvalue weighted by Crippen LogP contribution is -2.25. The molecular formula is C18H18ClN3O2. The van der Waals surface area contributed by atoms with Crippen molar-refractivity contribution in [1.82, 2.24) is 10.3 Å². The van der Waals surface area contributed by atoms with Crippen molar-refractivity contribution in [2.75, 3.05) is 6.54 Å². The maximum Gasteiger partial charge on any atom is 0.251 e. The fourth-order valence-corrected chi connectivity index (χ4v) is 3.17. The number of aromatic nitrogens is 1. The van der Waals surface area contributed by atoms with Crippen LogP contribution in [0.3, 0.4) is 0 Å². The molecule has 0 bridgehead atoms. The zero-order valence-electron chi connectivity index (χ0n) is 13.1. The van der Waals surface area contributed by atoms with Crippen LogP contribution in [0.2, 0.25) is 5.02 Å². The smallest absolute Gasteiger partial charge is 0.251 e. The Morgan fingerprint density at radius 2 is 2.21 bits per heavy atom. The first-order chi connectivity index (χ1) is 11.6. The average molecular weight is 344 g/mol. The van der Waals surface area contributed by atoms with Gasteiger partial charge in [-0.1, -0.05) is 11.6 Å². The van der Waals surface area contributed by atoms with Crippen molar-refractivity contribution >= 4 is 17.5 Å². The zero-order chi connectivity index (χ0) is 16.7. The minimum absolute atomic E-state index is 0.0430. The molecule has 24 heavy (non-hydrogen) atoms. The number of carbonyl (C=O) groups is 1. The quantitative estimate of drug-likeness (QED) is 0.894. The molecule has 1 aromatic heterocycles. The summed E-state index contributed by atoms with van der Waals surface area (Å²) in [5.41, 5.74) is 8.83. The first-order valence-corrected chi connectivity index (χ1v) is 8.48. The summed E-state index contributed by atoms with van der Waals surface area (Å²) in [4.78, 5) is 16.7. The van der Waals surface area contributed by atoms with Crippen LogP contribution in [0.5, 0.6) is 5.75 Å². The third-order valence-corrected chi connectivity index (χ3v) is 4.55. The molecule has 0 radical (unpaired) electrons. The molecule has 5 nitrogen and oxygen atoms in total. The van der Waals surface area contributed by atoms with Crippen molar-refractivity contribution in [2.45, 2.75) is 31.4 Å². The summed E-state index contributed by atoms with van der Waals surface area (Å²) in [6.07, 6.45) is 4.44. The van der Waals surface area contributed by atoms with Crippen LogP contribution >= 0.6 is 11.6 Å². The monoisotopic (exact) mass is 343 g/mol. The van der Waals surface area contributed by atoms with Gasteiger partial charge in [-0.3, -0.25) is 9.78 Å². The molecule has 1 atom stereocenters. The third kappa shape index (κ3) is 2.97. The van der Waals surface area contributed by atoms with Gasteiger partial charge in [0.1, 0.15) is 11.9 Å². The summed E-state index contributed by atoms with van der Waals surface area (Å²) in [6, 6.07) is 7.54. The molecule has 1 aromatic carbocycles. The van der Waals surface area contributed by atoms with Gasteiger partial charge in [-0.05, 0) is 37.1 Å². The van der Waals surface area contributed by atoms with E-state index < -0.39 is 0 Å². The van der Waals surface area contributed by atoms with E-state index >= 15 is 0 Å². The molecule has 6 heteroatoms. The standard InChI is InChI=1S/C18H18ClN3O2/c19-12-5-11-6-14(9-20)24-17(11)15(8-12)16-7-10(3-4-21-16)18(23)22-13-1-2-13/h3-5,7-8,13-14H,1-2,6,9,20H2,(H,22,23)/t14-/m1/s1. The number of rotatable bonds is 4. The minimum atomic E-state index is -0.0689. The Hall–Kier alpha value is -2.11. The van der Waals surface area contributed by atoms with E-state index in [1.165, 1.54) is 0 Å². The highest BCUT2D eigenvalue weighted by Crippen LogP contribution is 2.40. The molecule has 3 N–H and O–H groups in total. The number of benzene rings is 1. The second kappa shape index (κ2) is 6.07. The van der Waals surface area contributed by atoms with Crippen molar-refractivity contribution in [3.8, 4) is 17.0 Å². The SMILES string of the molecule is NC[C@H]1Cc2cc(Cl)cc(-c3cc(C(=O)NC4CC4)ccn3)c2O1. The van der Waals surface area contributed by atoms with Crippen LogP contribution in [0.15, 0.2) is 30.5 Å². The molecule has 124 valence electrons. The average Bonchev–Trinajstić information content (AvgIpc) is 3.30. The van der Waals surface area contributed by atoms with Crippen molar-refractivity contribution in [1.29, 1.82) is 0 Å². The Morgan fingerprint density at radius 3 is 2.96 bits per heavy atom. The van der Waals surface area contributed by atoms with Crippen LogP contribution in [-0.2, 0) is 6.42 Å². The van der Waals surface area contributed by atoms with E-state index in [-0.39, 0.29) is 12.0 Å². The van der Waals surface area contributed by atoms with Gasteiger partial charge in [0.15, 0.2) is 0 Å². The van der Waals surface area contributed by atoms with E-state index in [2.05, 4.69) is 10.3 Å². The number of halogens is 1. The molecule has 0 unspecified atom stereocenters. The molecule has 0 spiro atoms. The fourth-order valence-electron chi connectivity index (χ4n) is 2.93. The number of amides is 1. The number of nitrogens with zero attached hydrogens (tertiary/aromatic N) is 1. The van der Waals surface area contributed by atoms with Crippen LogP contribution in [0, 0.1) is 0 Å². The first-order valence-electron chi connectivity index (χ1n) is 8.10. The lowest BCUT2D eigenvalue weighted by molar-refractivity contribution is 0.0951. The molecule has 1 saturated carbocycles. The Bertz CT molecular complexity index is 805. The maximum absolute atomic E-state index is 12.3. The Labute approximate surface area is 145 Å². The predicted octanol–water partition coefficient (Wildman–Crippen LogP) is 2.56. The number of ether oxygens (including phenoxy) is 1. The van der Waals surface area contributed by atoms with Gasteiger partial charge in [0, 0.05) is 46.9 Å². The largest absolute Gasteiger partial charge is 0.488 e. The van der Waals surface area contributed by atoms with Gasteiger partial charge < -0.3 is 15.8 Å². The van der Waals surface area contributed by atoms with Crippen molar-refractivity contribution < 1.29 is 9.53 Å². The molecule has 0 saturated heterocycles. The maximum atomic E-state index is 12.3. The van der Waals surface area contributed by atoms with Gasteiger partial charge in [-0.2, -0.15) is 0 Å². The highest BCUT2D eigenvalue weighted by molar-refractivity contribution is 6.31. The third-order valence-electron chi connectivity index (χ3n) is 4.34. The number of fused-ring (bicyclic) bond motifs is 1.